The summed E-state index contributed by atoms with van der Waals surface area (Å²) in [6.07, 6.45) is 8.72. The molecule has 0 radical (unpaired) electrons. The van der Waals surface area contributed by atoms with Gasteiger partial charge in [-0.15, -0.1) is 0 Å². The molecule has 3 N–H and O–H groups in total. The molecule has 2 aliphatic rings. The summed E-state index contributed by atoms with van der Waals surface area (Å²) in [5.41, 5.74) is 0.915. The number of anilines is 2. The topological polar surface area (TPSA) is 119 Å². The van der Waals surface area contributed by atoms with E-state index in [9.17, 15) is 14.7 Å². The lowest BCUT2D eigenvalue weighted by Crippen LogP contribution is -2.51. The second kappa shape index (κ2) is 18.0. The first-order valence-electron chi connectivity index (χ1n) is 17.3. The van der Waals surface area contributed by atoms with Crippen LogP contribution in [-0.2, 0) is 16.0 Å². The van der Waals surface area contributed by atoms with Crippen LogP contribution in [0.1, 0.15) is 77.2 Å². The Bertz CT molecular complexity index is 1250. The SMILES string of the molecule is COCCCO[C@@H](C(C)C)[C@@H]1CCCN(c2c(NC(CC3CCCCC3)C(O)CNCc3cc(OC)cc(OC)c3)c(=O)c2=O)C1. The Balaban J connectivity index is 1.45. The van der Waals surface area contributed by atoms with Crippen LogP contribution in [0.3, 0.4) is 0 Å². The number of benzene rings is 1. The lowest BCUT2D eigenvalue weighted by atomic mass is 9.83. The van der Waals surface area contributed by atoms with Crippen molar-refractivity contribution in [1.29, 1.82) is 0 Å². The molecule has 2 aromatic rings. The first kappa shape index (κ1) is 36.2. The van der Waals surface area contributed by atoms with Crippen molar-refractivity contribution in [2.45, 2.75) is 96.4 Å². The van der Waals surface area contributed by atoms with Gasteiger partial charge in [-0.3, -0.25) is 9.59 Å². The molecule has 46 heavy (non-hydrogen) atoms. The van der Waals surface area contributed by atoms with Gasteiger partial charge in [0.05, 0.1) is 32.5 Å². The molecule has 2 fully saturated rings. The molecular weight excluding hydrogens is 586 g/mol. The van der Waals surface area contributed by atoms with Crippen LogP contribution in [0.2, 0.25) is 0 Å². The van der Waals surface area contributed by atoms with Gasteiger partial charge in [-0.05, 0) is 55.2 Å². The fourth-order valence-corrected chi connectivity index (χ4v) is 7.35. The molecule has 0 aromatic heterocycles. The van der Waals surface area contributed by atoms with Crippen LogP contribution in [0.15, 0.2) is 27.8 Å². The molecule has 1 aliphatic heterocycles. The first-order valence-corrected chi connectivity index (χ1v) is 17.3. The summed E-state index contributed by atoms with van der Waals surface area (Å²) < 4.78 is 22.3. The van der Waals surface area contributed by atoms with E-state index in [1.807, 2.05) is 18.2 Å². The number of nitrogens with one attached hydrogen (secondary N) is 2. The van der Waals surface area contributed by atoms with Gasteiger partial charge in [0.15, 0.2) is 0 Å². The first-order chi connectivity index (χ1) is 22.2. The largest absolute Gasteiger partial charge is 0.497 e. The summed E-state index contributed by atoms with van der Waals surface area (Å²) in [7, 11) is 4.94. The monoisotopic (exact) mass is 643 g/mol. The van der Waals surface area contributed by atoms with Crippen molar-refractivity contribution < 1.29 is 24.1 Å². The molecule has 1 heterocycles. The van der Waals surface area contributed by atoms with Crippen molar-refractivity contribution in [3.8, 4) is 11.5 Å². The van der Waals surface area contributed by atoms with Crippen molar-refractivity contribution in [2.24, 2.45) is 17.8 Å². The Morgan fingerprint density at radius 2 is 1.65 bits per heavy atom. The zero-order valence-corrected chi connectivity index (χ0v) is 28.6. The predicted octanol–water partition coefficient (Wildman–Crippen LogP) is 4.50. The van der Waals surface area contributed by atoms with E-state index in [0.717, 1.165) is 50.6 Å². The van der Waals surface area contributed by atoms with Crippen LogP contribution >= 0.6 is 0 Å². The maximum absolute atomic E-state index is 13.1. The quantitative estimate of drug-likeness (QED) is 0.149. The predicted molar refractivity (Wildman–Crippen MR) is 183 cm³/mol. The summed E-state index contributed by atoms with van der Waals surface area (Å²) in [5, 5.41) is 18.3. The van der Waals surface area contributed by atoms with E-state index < -0.39 is 17.0 Å². The maximum Gasteiger partial charge on any atom is 0.253 e. The van der Waals surface area contributed by atoms with Gasteiger partial charge in [0.1, 0.15) is 22.9 Å². The average molecular weight is 644 g/mol. The third-order valence-electron chi connectivity index (χ3n) is 9.78. The Morgan fingerprint density at radius 1 is 0.935 bits per heavy atom. The summed E-state index contributed by atoms with van der Waals surface area (Å²) in [4.78, 5) is 28.2. The number of ether oxygens (including phenoxy) is 4. The van der Waals surface area contributed by atoms with Gasteiger partial charge >= 0.3 is 0 Å². The average Bonchev–Trinajstić information content (AvgIpc) is 3.07. The van der Waals surface area contributed by atoms with Gasteiger partial charge in [-0.1, -0.05) is 46.0 Å². The third kappa shape index (κ3) is 9.69. The Morgan fingerprint density at radius 3 is 2.30 bits per heavy atom. The number of rotatable bonds is 19. The fourth-order valence-electron chi connectivity index (χ4n) is 7.35. The minimum absolute atomic E-state index is 0.0686. The van der Waals surface area contributed by atoms with Gasteiger partial charge in [0.25, 0.3) is 10.9 Å². The van der Waals surface area contributed by atoms with E-state index in [1.54, 1.807) is 21.3 Å². The summed E-state index contributed by atoms with van der Waals surface area (Å²) >= 11 is 0. The molecule has 1 aliphatic carbocycles. The van der Waals surface area contributed by atoms with Crippen molar-refractivity contribution in [3.63, 3.8) is 0 Å². The molecule has 2 aromatic carbocycles. The van der Waals surface area contributed by atoms with Crippen molar-refractivity contribution in [1.82, 2.24) is 5.32 Å². The highest BCUT2D eigenvalue weighted by Gasteiger charge is 2.36. The normalized spacial score (nSPS) is 19.7. The van der Waals surface area contributed by atoms with Crippen molar-refractivity contribution >= 4 is 11.4 Å². The van der Waals surface area contributed by atoms with Gasteiger partial charge in [0.2, 0.25) is 0 Å². The standard InChI is InChI=1S/C36H57N3O7/c1-24(2)36(46-16-10-15-43-3)27-13-9-14-39(23-27)33-32(34(41)35(33)42)38-30(19-25-11-7-6-8-12-25)31(40)22-37-21-26-17-28(44-4)20-29(18-26)45-5/h17-18,20,24-25,27,30-31,36-38,40H,6-16,19,21-23H2,1-5H3/t27-,30?,31?,36+/m1/s1. The Labute approximate surface area is 274 Å². The van der Waals surface area contributed by atoms with E-state index in [2.05, 4.69) is 29.4 Å². The van der Waals surface area contributed by atoms with Gasteiger partial charge in [0, 0.05) is 58.5 Å². The number of piperidine rings is 1. The van der Waals surface area contributed by atoms with E-state index in [4.69, 9.17) is 18.9 Å². The molecule has 0 amide bonds. The lowest BCUT2D eigenvalue weighted by molar-refractivity contribution is -0.0275. The number of nitrogens with zero attached hydrogens (tertiary/aromatic N) is 1. The molecule has 0 bridgehead atoms. The van der Waals surface area contributed by atoms with Gasteiger partial charge in [-0.2, -0.15) is 0 Å². The Hall–Kier alpha value is -2.66. The van der Waals surface area contributed by atoms with E-state index >= 15 is 0 Å². The maximum atomic E-state index is 13.1. The molecular formula is C36H57N3O7. The molecule has 1 saturated heterocycles. The molecule has 4 atom stereocenters. The van der Waals surface area contributed by atoms with E-state index in [0.29, 0.717) is 67.6 Å². The zero-order chi connectivity index (χ0) is 33.1. The molecule has 258 valence electrons. The van der Waals surface area contributed by atoms with Crippen LogP contribution in [0, 0.1) is 17.8 Å². The summed E-state index contributed by atoms with van der Waals surface area (Å²) in [6.45, 7) is 7.92. The highest BCUT2D eigenvalue weighted by molar-refractivity contribution is 5.75. The van der Waals surface area contributed by atoms with E-state index in [-0.39, 0.29) is 18.1 Å². The van der Waals surface area contributed by atoms with E-state index in [1.165, 1.54) is 19.3 Å². The smallest absolute Gasteiger partial charge is 0.253 e. The molecule has 10 nitrogen and oxygen atoms in total. The Kier molecular flexibility index (Phi) is 14.2. The minimum Gasteiger partial charge on any atom is -0.497 e. The van der Waals surface area contributed by atoms with Crippen molar-refractivity contribution in [3.05, 3.63) is 44.2 Å². The number of aliphatic hydroxyl groups is 1. The lowest BCUT2D eigenvalue weighted by Gasteiger charge is -2.40. The molecule has 4 rings (SSSR count). The van der Waals surface area contributed by atoms with Crippen LogP contribution in [0.5, 0.6) is 11.5 Å². The van der Waals surface area contributed by atoms with Gasteiger partial charge < -0.3 is 39.6 Å². The van der Waals surface area contributed by atoms with Crippen molar-refractivity contribution in [2.75, 3.05) is 64.4 Å². The molecule has 10 heteroatoms. The number of aliphatic hydroxyl groups excluding tert-OH is 1. The molecule has 0 spiro atoms. The second-order valence-corrected chi connectivity index (χ2v) is 13.6. The summed E-state index contributed by atoms with van der Waals surface area (Å²) in [5.74, 6) is 2.48. The summed E-state index contributed by atoms with van der Waals surface area (Å²) in [6, 6.07) is 5.35. The van der Waals surface area contributed by atoms with Gasteiger partial charge in [-0.25, -0.2) is 0 Å². The molecule has 2 unspecified atom stereocenters. The minimum atomic E-state index is -0.758. The fraction of sp³-hybridized carbons (Fsp3) is 0.722. The van der Waals surface area contributed by atoms with Crippen LogP contribution < -0.4 is 35.9 Å². The highest BCUT2D eigenvalue weighted by atomic mass is 16.5. The third-order valence-corrected chi connectivity index (χ3v) is 9.78. The van der Waals surface area contributed by atoms with Crippen LogP contribution in [0.25, 0.3) is 0 Å². The number of hydrogen-bond donors (Lipinski definition) is 3. The number of hydrogen-bond acceptors (Lipinski definition) is 10. The highest BCUT2D eigenvalue weighted by Crippen LogP contribution is 2.33. The molecule has 1 saturated carbocycles. The van der Waals surface area contributed by atoms with Crippen LogP contribution in [0.4, 0.5) is 11.4 Å². The zero-order valence-electron chi connectivity index (χ0n) is 28.6. The van der Waals surface area contributed by atoms with Crippen LogP contribution in [-0.4, -0.2) is 77.5 Å². The second-order valence-electron chi connectivity index (χ2n) is 13.6. The number of methoxy groups -OCH3 is 3.